The predicted molar refractivity (Wildman–Crippen MR) is 83.0 cm³/mol. The van der Waals surface area contributed by atoms with Crippen LogP contribution in [-0.4, -0.2) is 12.6 Å². The van der Waals surface area contributed by atoms with Crippen LogP contribution in [0.5, 0.6) is 5.75 Å². The molecule has 2 atom stereocenters. The molecule has 2 N–H and O–H groups in total. The van der Waals surface area contributed by atoms with Gasteiger partial charge < -0.3 is 10.5 Å². The molecule has 2 unspecified atom stereocenters. The van der Waals surface area contributed by atoms with Crippen molar-refractivity contribution < 1.29 is 4.74 Å². The summed E-state index contributed by atoms with van der Waals surface area (Å²) < 4.78 is 5.77. The monoisotopic (exact) mass is 273 g/mol. The van der Waals surface area contributed by atoms with Gasteiger partial charge in [0.15, 0.2) is 0 Å². The molecule has 110 valence electrons. The van der Waals surface area contributed by atoms with Gasteiger partial charge in [0, 0.05) is 12.0 Å². The molecule has 2 nitrogen and oxygen atoms in total. The fraction of sp³-hybridized carbons (Fsp3) is 0.667. The largest absolute Gasteiger partial charge is 0.493 e. The van der Waals surface area contributed by atoms with Crippen LogP contribution in [-0.2, 0) is 0 Å². The summed E-state index contributed by atoms with van der Waals surface area (Å²) in [6.45, 7) is 3.14. The quantitative estimate of drug-likeness (QED) is 0.900. The van der Waals surface area contributed by atoms with E-state index in [2.05, 4.69) is 31.2 Å². The third-order valence-corrected chi connectivity index (χ3v) is 5.48. The Morgan fingerprint density at radius 1 is 1.15 bits per heavy atom. The van der Waals surface area contributed by atoms with E-state index in [0.29, 0.717) is 17.9 Å². The number of benzene rings is 1. The summed E-state index contributed by atoms with van der Waals surface area (Å²) in [6, 6.07) is 8.76. The second kappa shape index (κ2) is 6.17. The maximum absolute atomic E-state index is 6.67. The highest BCUT2D eigenvalue weighted by Gasteiger charge is 2.33. The van der Waals surface area contributed by atoms with Gasteiger partial charge in [-0.3, -0.25) is 0 Å². The smallest absolute Gasteiger partial charge is 0.122 e. The molecule has 2 heteroatoms. The van der Waals surface area contributed by atoms with Crippen molar-refractivity contribution >= 4 is 0 Å². The lowest BCUT2D eigenvalue weighted by Crippen LogP contribution is -2.40. The Kier molecular flexibility index (Phi) is 4.30. The first-order valence-corrected chi connectivity index (χ1v) is 8.27. The molecule has 0 bridgehead atoms. The van der Waals surface area contributed by atoms with Gasteiger partial charge >= 0.3 is 0 Å². The zero-order chi connectivity index (χ0) is 13.9. The van der Waals surface area contributed by atoms with E-state index in [9.17, 15) is 0 Å². The van der Waals surface area contributed by atoms with Gasteiger partial charge in [0.05, 0.1) is 6.61 Å². The van der Waals surface area contributed by atoms with E-state index in [1.165, 1.54) is 37.7 Å². The van der Waals surface area contributed by atoms with Crippen molar-refractivity contribution in [3.8, 4) is 5.75 Å². The molecule has 0 aromatic heterocycles. The minimum atomic E-state index is 0.304. The lowest BCUT2D eigenvalue weighted by Gasteiger charge is -2.38. The zero-order valence-corrected chi connectivity index (χ0v) is 12.6. The SMILES string of the molecule is CCC1CCC(C(N)C2CCOc3ccccc32)CC1. The lowest BCUT2D eigenvalue weighted by atomic mass is 9.72. The highest BCUT2D eigenvalue weighted by atomic mass is 16.5. The Morgan fingerprint density at radius 3 is 2.65 bits per heavy atom. The summed E-state index contributed by atoms with van der Waals surface area (Å²) in [5.41, 5.74) is 8.01. The summed E-state index contributed by atoms with van der Waals surface area (Å²) in [6.07, 6.45) is 7.80. The maximum Gasteiger partial charge on any atom is 0.122 e. The van der Waals surface area contributed by atoms with Crippen molar-refractivity contribution in [1.82, 2.24) is 0 Å². The Morgan fingerprint density at radius 2 is 1.90 bits per heavy atom. The highest BCUT2D eigenvalue weighted by molar-refractivity contribution is 5.38. The summed E-state index contributed by atoms with van der Waals surface area (Å²) in [5.74, 6) is 3.19. The molecule has 3 rings (SSSR count). The summed E-state index contributed by atoms with van der Waals surface area (Å²) in [5, 5.41) is 0. The normalized spacial score (nSPS) is 31.2. The van der Waals surface area contributed by atoms with Gasteiger partial charge in [-0.2, -0.15) is 0 Å². The zero-order valence-electron chi connectivity index (χ0n) is 12.6. The first-order chi connectivity index (χ1) is 9.79. The lowest BCUT2D eigenvalue weighted by molar-refractivity contribution is 0.192. The second-order valence-electron chi connectivity index (χ2n) is 6.55. The van der Waals surface area contributed by atoms with E-state index in [4.69, 9.17) is 10.5 Å². The molecule has 1 saturated carbocycles. The van der Waals surface area contributed by atoms with Crippen LogP contribution in [0.25, 0.3) is 0 Å². The van der Waals surface area contributed by atoms with E-state index >= 15 is 0 Å². The van der Waals surface area contributed by atoms with Crippen LogP contribution in [0.15, 0.2) is 24.3 Å². The molecule has 0 radical (unpaired) electrons. The molecule has 1 aliphatic carbocycles. The first-order valence-electron chi connectivity index (χ1n) is 8.27. The third kappa shape index (κ3) is 2.71. The third-order valence-electron chi connectivity index (χ3n) is 5.48. The summed E-state index contributed by atoms with van der Waals surface area (Å²) in [4.78, 5) is 0. The molecule has 2 aliphatic rings. The van der Waals surface area contributed by atoms with Crippen LogP contribution in [0, 0.1) is 11.8 Å². The van der Waals surface area contributed by atoms with Gasteiger partial charge in [0.1, 0.15) is 5.75 Å². The van der Waals surface area contributed by atoms with Crippen molar-refractivity contribution in [2.75, 3.05) is 6.61 Å². The van der Waals surface area contributed by atoms with Crippen LogP contribution < -0.4 is 10.5 Å². The molecular formula is C18H27NO. The molecular weight excluding hydrogens is 246 g/mol. The molecule has 1 aromatic carbocycles. The van der Waals surface area contributed by atoms with Crippen LogP contribution in [0.3, 0.4) is 0 Å². The van der Waals surface area contributed by atoms with Crippen LogP contribution in [0.1, 0.15) is 56.9 Å². The fourth-order valence-electron chi connectivity index (χ4n) is 4.08. The Labute approximate surface area is 122 Å². The van der Waals surface area contributed by atoms with Crippen molar-refractivity contribution in [3.63, 3.8) is 0 Å². The highest BCUT2D eigenvalue weighted by Crippen LogP contribution is 2.41. The predicted octanol–water partition coefficient (Wildman–Crippen LogP) is 4.10. The minimum Gasteiger partial charge on any atom is -0.493 e. The number of hydrogen-bond acceptors (Lipinski definition) is 2. The van der Waals surface area contributed by atoms with Gasteiger partial charge in [-0.25, -0.2) is 0 Å². The van der Waals surface area contributed by atoms with Crippen molar-refractivity contribution in [2.45, 2.75) is 57.4 Å². The maximum atomic E-state index is 6.67. The van der Waals surface area contributed by atoms with E-state index < -0.39 is 0 Å². The van der Waals surface area contributed by atoms with Gasteiger partial charge in [-0.1, -0.05) is 44.4 Å². The molecule has 1 fully saturated rings. The average molecular weight is 273 g/mol. The standard InChI is InChI=1S/C18H27NO/c1-2-13-7-9-14(10-8-13)18(19)16-11-12-20-17-6-4-3-5-15(16)17/h3-6,13-14,16,18H,2,7-12,19H2,1H3. The molecule has 0 spiro atoms. The number of para-hydroxylation sites is 1. The molecule has 20 heavy (non-hydrogen) atoms. The van der Waals surface area contributed by atoms with Crippen LogP contribution >= 0.6 is 0 Å². The average Bonchev–Trinajstić information content (AvgIpc) is 2.54. The van der Waals surface area contributed by atoms with Gasteiger partial charge in [0.2, 0.25) is 0 Å². The molecule has 1 aliphatic heterocycles. The van der Waals surface area contributed by atoms with Crippen LogP contribution in [0.2, 0.25) is 0 Å². The summed E-state index contributed by atoms with van der Waals surface area (Å²) in [7, 11) is 0. The molecule has 0 amide bonds. The van der Waals surface area contributed by atoms with Gasteiger partial charge in [-0.05, 0) is 42.7 Å². The van der Waals surface area contributed by atoms with Crippen molar-refractivity contribution in [3.05, 3.63) is 29.8 Å². The van der Waals surface area contributed by atoms with E-state index in [0.717, 1.165) is 24.7 Å². The van der Waals surface area contributed by atoms with E-state index in [1.54, 1.807) is 0 Å². The molecule has 1 heterocycles. The fourth-order valence-corrected chi connectivity index (χ4v) is 4.08. The van der Waals surface area contributed by atoms with Crippen molar-refractivity contribution in [1.29, 1.82) is 0 Å². The topological polar surface area (TPSA) is 35.2 Å². The number of fused-ring (bicyclic) bond motifs is 1. The summed E-state index contributed by atoms with van der Waals surface area (Å²) >= 11 is 0. The van der Waals surface area contributed by atoms with Crippen molar-refractivity contribution in [2.24, 2.45) is 17.6 Å². The second-order valence-corrected chi connectivity index (χ2v) is 6.55. The van der Waals surface area contributed by atoms with Gasteiger partial charge in [0.25, 0.3) is 0 Å². The Balaban J connectivity index is 1.71. The Bertz CT molecular complexity index is 437. The number of ether oxygens (including phenoxy) is 1. The molecule has 0 saturated heterocycles. The molecule has 1 aromatic rings. The number of rotatable bonds is 3. The van der Waals surface area contributed by atoms with Gasteiger partial charge in [-0.15, -0.1) is 0 Å². The first kappa shape index (κ1) is 13.9. The van der Waals surface area contributed by atoms with Crippen LogP contribution in [0.4, 0.5) is 0 Å². The van der Waals surface area contributed by atoms with E-state index in [-0.39, 0.29) is 0 Å². The Hall–Kier alpha value is -1.02. The minimum absolute atomic E-state index is 0.304. The van der Waals surface area contributed by atoms with E-state index in [1.807, 2.05) is 0 Å². The number of nitrogens with two attached hydrogens (primary N) is 1. The number of hydrogen-bond donors (Lipinski definition) is 1.